The van der Waals surface area contributed by atoms with Gasteiger partial charge in [0.2, 0.25) is 5.78 Å². The van der Waals surface area contributed by atoms with Crippen LogP contribution >= 0.6 is 0 Å². The van der Waals surface area contributed by atoms with Gasteiger partial charge in [-0.1, -0.05) is 25.0 Å². The third-order valence-corrected chi connectivity index (χ3v) is 10.5. The summed E-state index contributed by atoms with van der Waals surface area (Å²) in [4.78, 5) is 41.4. The first kappa shape index (κ1) is 33.5. The van der Waals surface area contributed by atoms with Gasteiger partial charge in [0.15, 0.2) is 17.9 Å². The van der Waals surface area contributed by atoms with Gasteiger partial charge in [0.05, 0.1) is 48.2 Å². The summed E-state index contributed by atoms with van der Waals surface area (Å²) in [6.45, 7) is 4.76. The molecule has 12 nitrogen and oxygen atoms in total. The van der Waals surface area contributed by atoms with Crippen LogP contribution in [0, 0.1) is 5.92 Å². The van der Waals surface area contributed by atoms with Crippen LogP contribution in [0.15, 0.2) is 18.2 Å². The summed E-state index contributed by atoms with van der Waals surface area (Å²) < 4.78 is 23.5. The number of nitrogens with two attached hydrogens (primary N) is 1. The second-order valence-corrected chi connectivity index (χ2v) is 13.8. The van der Waals surface area contributed by atoms with Crippen molar-refractivity contribution in [2.45, 2.75) is 108 Å². The molecule has 6 N–H and O–H groups in total. The number of carbonyl (C=O) groups excluding carboxylic acids is 3. The number of benzene rings is 2. The molecule has 7 atom stereocenters. The maximum Gasteiger partial charge on any atom is 0.202 e. The number of phenolic OH excluding ortho intramolecular Hbond substituents is 2. The van der Waals surface area contributed by atoms with E-state index in [1.54, 1.807) is 13.8 Å². The van der Waals surface area contributed by atoms with Crippen molar-refractivity contribution >= 4 is 17.3 Å². The first-order valence-corrected chi connectivity index (χ1v) is 16.2. The molecule has 6 rings (SSSR count). The van der Waals surface area contributed by atoms with Gasteiger partial charge in [0, 0.05) is 41.5 Å². The minimum absolute atomic E-state index is 0.0123. The van der Waals surface area contributed by atoms with Crippen molar-refractivity contribution in [3.63, 3.8) is 0 Å². The second kappa shape index (κ2) is 12.2. The summed E-state index contributed by atoms with van der Waals surface area (Å²) in [5.41, 5.74) is 1.98. The molecule has 47 heavy (non-hydrogen) atoms. The van der Waals surface area contributed by atoms with E-state index in [1.807, 2.05) is 6.92 Å². The van der Waals surface area contributed by atoms with E-state index < -0.39 is 88.7 Å². The highest BCUT2D eigenvalue weighted by molar-refractivity contribution is 6.31. The molecule has 1 saturated heterocycles. The number of rotatable bonds is 8. The van der Waals surface area contributed by atoms with Crippen molar-refractivity contribution in [2.75, 3.05) is 13.7 Å². The monoisotopic (exact) mass is 653 g/mol. The molecule has 254 valence electrons. The van der Waals surface area contributed by atoms with Gasteiger partial charge >= 0.3 is 0 Å². The molecule has 0 amide bonds. The summed E-state index contributed by atoms with van der Waals surface area (Å²) in [6.07, 6.45) is -0.987. The van der Waals surface area contributed by atoms with Crippen LogP contribution in [-0.4, -0.2) is 87.2 Å². The first-order valence-electron chi connectivity index (χ1n) is 16.2. The lowest BCUT2D eigenvalue weighted by molar-refractivity contribution is -0.259. The highest BCUT2D eigenvalue weighted by atomic mass is 16.7. The molecule has 0 spiro atoms. The number of Topliss-reactive ketones (excluding diaryl/α,β-unsaturated/α-hetero) is 1. The number of ketones is 3. The lowest BCUT2D eigenvalue weighted by atomic mass is 9.72. The molecule has 1 heterocycles. The Morgan fingerprint density at radius 1 is 1.09 bits per heavy atom. The van der Waals surface area contributed by atoms with Gasteiger partial charge in [-0.2, -0.15) is 0 Å². The Labute approximate surface area is 272 Å². The Hall–Kier alpha value is -3.39. The molecule has 1 saturated carbocycles. The summed E-state index contributed by atoms with van der Waals surface area (Å²) in [5, 5.41) is 46.0. The average Bonchev–Trinajstić information content (AvgIpc) is 3.57. The zero-order valence-electron chi connectivity index (χ0n) is 27.1. The van der Waals surface area contributed by atoms with E-state index in [1.165, 1.54) is 25.3 Å². The van der Waals surface area contributed by atoms with E-state index in [0.29, 0.717) is 5.92 Å². The lowest BCUT2D eigenvalue weighted by Gasteiger charge is -2.45. The van der Waals surface area contributed by atoms with Crippen molar-refractivity contribution < 1.29 is 53.8 Å². The smallest absolute Gasteiger partial charge is 0.202 e. The molecule has 7 unspecified atom stereocenters. The number of methoxy groups -OCH3 is 1. The standard InChI is InChI=1S/C35H43NO11/c1-16(18-8-5-6-9-18)45-15-23(37)35(43)12-20-26(22(13-35)47-24-14-34(3,36)33(42)17(2)46-24)32(41)28-27(30(20)39)29(38)19-10-7-11-21(44-4)25(19)31(28)40/h7,10-11,16-18,22,24,33,39,41-43H,5-6,8-9,12-15,36H2,1-4H3. The highest BCUT2D eigenvalue weighted by Gasteiger charge is 2.51. The fourth-order valence-electron chi connectivity index (χ4n) is 7.79. The number of carbonyl (C=O) groups is 3. The van der Waals surface area contributed by atoms with E-state index in [9.17, 15) is 34.8 Å². The minimum atomic E-state index is -2.14. The van der Waals surface area contributed by atoms with Gasteiger partial charge in [-0.05, 0) is 45.6 Å². The quantitative estimate of drug-likeness (QED) is 0.223. The van der Waals surface area contributed by atoms with E-state index in [-0.39, 0.29) is 46.9 Å². The molecule has 2 aromatic carbocycles. The van der Waals surface area contributed by atoms with Crippen molar-refractivity contribution in [1.82, 2.24) is 0 Å². The third-order valence-electron chi connectivity index (χ3n) is 10.5. The highest BCUT2D eigenvalue weighted by Crippen LogP contribution is 2.52. The Kier molecular flexibility index (Phi) is 8.73. The van der Waals surface area contributed by atoms with E-state index in [2.05, 4.69) is 0 Å². The van der Waals surface area contributed by atoms with Gasteiger partial charge in [-0.25, -0.2) is 0 Å². The number of phenols is 2. The molecule has 2 fully saturated rings. The van der Waals surface area contributed by atoms with Crippen LogP contribution in [0.25, 0.3) is 0 Å². The van der Waals surface area contributed by atoms with Gasteiger partial charge in [0.25, 0.3) is 0 Å². The molecule has 0 bridgehead atoms. The van der Waals surface area contributed by atoms with Crippen LogP contribution in [-0.2, 0) is 25.4 Å². The molecular weight excluding hydrogens is 610 g/mol. The lowest BCUT2D eigenvalue weighted by Crippen LogP contribution is -2.60. The fraction of sp³-hybridized carbons (Fsp3) is 0.571. The number of aliphatic hydroxyl groups is 2. The SMILES string of the molecule is COc1cccc2c1C(=O)c1c(O)c3c(c(O)c1C2=O)CC(O)(C(=O)COC(C)C1CCCC1)CC3OC1CC(C)(N)C(O)C(C)O1. The zero-order chi connectivity index (χ0) is 34.0. The molecule has 4 aliphatic rings. The van der Waals surface area contributed by atoms with Crippen LogP contribution in [0.2, 0.25) is 0 Å². The van der Waals surface area contributed by atoms with Crippen molar-refractivity contribution in [1.29, 1.82) is 0 Å². The number of aliphatic hydroxyl groups excluding tert-OH is 1. The predicted molar refractivity (Wildman–Crippen MR) is 167 cm³/mol. The Morgan fingerprint density at radius 2 is 1.77 bits per heavy atom. The van der Waals surface area contributed by atoms with Crippen molar-refractivity contribution in [3.8, 4) is 17.2 Å². The molecular formula is C35H43NO11. The summed E-state index contributed by atoms with van der Waals surface area (Å²) in [5.74, 6) is -2.96. The van der Waals surface area contributed by atoms with Crippen molar-refractivity contribution in [2.24, 2.45) is 11.7 Å². The first-order chi connectivity index (χ1) is 22.2. The number of ether oxygens (including phenoxy) is 4. The summed E-state index contributed by atoms with van der Waals surface area (Å²) in [7, 11) is 1.35. The summed E-state index contributed by atoms with van der Waals surface area (Å²) in [6, 6.07) is 4.47. The largest absolute Gasteiger partial charge is 0.507 e. The van der Waals surface area contributed by atoms with Gasteiger partial charge in [-0.15, -0.1) is 0 Å². The van der Waals surface area contributed by atoms with Gasteiger partial charge < -0.3 is 45.1 Å². The minimum Gasteiger partial charge on any atom is -0.507 e. The van der Waals surface area contributed by atoms with E-state index in [4.69, 9.17) is 24.7 Å². The zero-order valence-corrected chi connectivity index (χ0v) is 27.1. The molecule has 1 aliphatic heterocycles. The van der Waals surface area contributed by atoms with Crippen LogP contribution in [0.4, 0.5) is 0 Å². The van der Waals surface area contributed by atoms with Crippen LogP contribution in [0.5, 0.6) is 17.2 Å². The molecule has 0 radical (unpaired) electrons. The van der Waals surface area contributed by atoms with Crippen LogP contribution in [0.3, 0.4) is 0 Å². The fourth-order valence-corrected chi connectivity index (χ4v) is 7.79. The second-order valence-electron chi connectivity index (χ2n) is 13.8. The number of hydrogen-bond acceptors (Lipinski definition) is 12. The summed E-state index contributed by atoms with van der Waals surface area (Å²) >= 11 is 0. The Morgan fingerprint density at radius 3 is 2.43 bits per heavy atom. The van der Waals surface area contributed by atoms with Crippen LogP contribution < -0.4 is 10.5 Å². The maximum atomic E-state index is 13.9. The molecule has 3 aliphatic carbocycles. The van der Waals surface area contributed by atoms with Crippen LogP contribution in [0.1, 0.15) is 108 Å². The Bertz CT molecular complexity index is 1610. The maximum absolute atomic E-state index is 13.9. The molecule has 0 aromatic heterocycles. The predicted octanol–water partition coefficient (Wildman–Crippen LogP) is 2.99. The number of aromatic hydroxyl groups is 2. The molecule has 2 aromatic rings. The normalized spacial score (nSPS) is 31.2. The Balaban J connectivity index is 1.42. The average molecular weight is 654 g/mol. The third kappa shape index (κ3) is 5.64. The number of hydrogen-bond donors (Lipinski definition) is 5. The van der Waals surface area contributed by atoms with Gasteiger partial charge in [-0.3, -0.25) is 14.4 Å². The van der Waals surface area contributed by atoms with Gasteiger partial charge in [0.1, 0.15) is 29.5 Å². The topological polar surface area (TPSA) is 195 Å². The van der Waals surface area contributed by atoms with E-state index in [0.717, 1.165) is 25.7 Å². The van der Waals surface area contributed by atoms with E-state index >= 15 is 0 Å². The molecule has 12 heteroatoms. The van der Waals surface area contributed by atoms with Crippen molar-refractivity contribution in [3.05, 3.63) is 51.6 Å². The number of fused-ring (bicyclic) bond motifs is 3.